The standard InChI is InChI=1S/C23H23Br.C2H6/c1-2-3-7-18-10-12-19(13-11-18)21-14-15-23(22(16-21)17-24)20-8-5-4-6-9-20;1-2/h4-6,8-16H,2-3,7,17H2,1H3;1-2H3. The van der Waals surface area contributed by atoms with E-state index in [1.165, 1.54) is 52.6 Å². The molecule has 0 spiro atoms. The van der Waals surface area contributed by atoms with Gasteiger partial charge in [-0.3, -0.25) is 0 Å². The second-order valence-electron chi connectivity index (χ2n) is 6.17. The highest BCUT2D eigenvalue weighted by Crippen LogP contribution is 2.30. The van der Waals surface area contributed by atoms with Crippen LogP contribution in [0.1, 0.15) is 44.7 Å². The number of halogens is 1. The van der Waals surface area contributed by atoms with Crippen LogP contribution in [0, 0.1) is 0 Å². The Bertz CT molecular complexity index is 773. The van der Waals surface area contributed by atoms with Crippen molar-refractivity contribution in [1.29, 1.82) is 0 Å². The Labute approximate surface area is 167 Å². The maximum Gasteiger partial charge on any atom is 0.0289 e. The maximum atomic E-state index is 3.65. The van der Waals surface area contributed by atoms with Gasteiger partial charge in [-0.1, -0.05) is 110 Å². The summed E-state index contributed by atoms with van der Waals surface area (Å²) in [7, 11) is 0. The number of hydrogen-bond acceptors (Lipinski definition) is 0. The third-order valence-corrected chi connectivity index (χ3v) is 5.04. The first kappa shape index (κ1) is 20.5. The summed E-state index contributed by atoms with van der Waals surface area (Å²) >= 11 is 3.65. The van der Waals surface area contributed by atoms with Gasteiger partial charge in [-0.25, -0.2) is 0 Å². The van der Waals surface area contributed by atoms with Crippen molar-refractivity contribution in [2.24, 2.45) is 0 Å². The predicted octanol–water partition coefficient (Wildman–Crippen LogP) is 8.28. The topological polar surface area (TPSA) is 0 Å². The van der Waals surface area contributed by atoms with Crippen LogP contribution in [0.5, 0.6) is 0 Å². The Balaban J connectivity index is 0.00000117. The van der Waals surface area contributed by atoms with Gasteiger partial charge < -0.3 is 0 Å². The van der Waals surface area contributed by atoms with Gasteiger partial charge in [-0.15, -0.1) is 0 Å². The van der Waals surface area contributed by atoms with Crippen molar-refractivity contribution in [2.75, 3.05) is 0 Å². The molecule has 0 saturated heterocycles. The number of alkyl halides is 1. The zero-order chi connectivity index (χ0) is 18.8. The highest BCUT2D eigenvalue weighted by Gasteiger charge is 2.07. The molecular formula is C25H29Br. The van der Waals surface area contributed by atoms with Gasteiger partial charge in [0.05, 0.1) is 0 Å². The summed E-state index contributed by atoms with van der Waals surface area (Å²) < 4.78 is 0. The minimum absolute atomic E-state index is 0.861. The number of unbranched alkanes of at least 4 members (excludes halogenated alkanes) is 1. The SMILES string of the molecule is CC.CCCCc1ccc(-c2ccc(-c3ccccc3)c(CBr)c2)cc1. The smallest absolute Gasteiger partial charge is 0.0289 e. The average Bonchev–Trinajstić information content (AvgIpc) is 2.74. The Morgan fingerprint density at radius 3 is 2.00 bits per heavy atom. The van der Waals surface area contributed by atoms with Gasteiger partial charge in [0.25, 0.3) is 0 Å². The molecule has 1 heteroatoms. The second kappa shape index (κ2) is 11.0. The minimum Gasteiger partial charge on any atom is -0.0876 e. The molecule has 0 bridgehead atoms. The number of benzene rings is 3. The van der Waals surface area contributed by atoms with Crippen molar-refractivity contribution >= 4 is 15.9 Å². The summed E-state index contributed by atoms with van der Waals surface area (Å²) in [6.07, 6.45) is 3.69. The molecule has 0 amide bonds. The molecule has 0 N–H and O–H groups in total. The predicted molar refractivity (Wildman–Crippen MR) is 120 cm³/mol. The van der Waals surface area contributed by atoms with E-state index < -0.39 is 0 Å². The molecule has 0 aliphatic heterocycles. The van der Waals surface area contributed by atoms with Gasteiger partial charge in [-0.2, -0.15) is 0 Å². The van der Waals surface area contributed by atoms with Crippen molar-refractivity contribution in [2.45, 2.75) is 45.4 Å². The van der Waals surface area contributed by atoms with E-state index in [2.05, 4.69) is 95.7 Å². The second-order valence-corrected chi connectivity index (χ2v) is 6.73. The molecular weight excluding hydrogens is 380 g/mol. The Morgan fingerprint density at radius 2 is 1.38 bits per heavy atom. The summed E-state index contributed by atoms with van der Waals surface area (Å²) in [6, 6.07) is 26.4. The first-order chi connectivity index (χ1) is 12.8. The quantitative estimate of drug-likeness (QED) is 0.359. The summed E-state index contributed by atoms with van der Waals surface area (Å²) in [4.78, 5) is 0. The molecule has 0 radical (unpaired) electrons. The number of aryl methyl sites for hydroxylation is 1. The molecule has 3 aromatic carbocycles. The summed E-state index contributed by atoms with van der Waals surface area (Å²) in [6.45, 7) is 6.24. The van der Waals surface area contributed by atoms with E-state index in [-0.39, 0.29) is 0 Å². The van der Waals surface area contributed by atoms with E-state index in [1.54, 1.807) is 0 Å². The van der Waals surface area contributed by atoms with Gasteiger partial charge in [0.1, 0.15) is 0 Å². The zero-order valence-corrected chi connectivity index (χ0v) is 17.7. The summed E-state index contributed by atoms with van der Waals surface area (Å²) in [5.41, 5.74) is 7.91. The van der Waals surface area contributed by atoms with Crippen LogP contribution in [0.3, 0.4) is 0 Å². The van der Waals surface area contributed by atoms with E-state index in [0.29, 0.717) is 0 Å². The van der Waals surface area contributed by atoms with E-state index in [0.717, 1.165) is 5.33 Å². The van der Waals surface area contributed by atoms with Crippen LogP contribution in [0.2, 0.25) is 0 Å². The van der Waals surface area contributed by atoms with E-state index in [1.807, 2.05) is 13.8 Å². The normalized spacial score (nSPS) is 10.2. The van der Waals surface area contributed by atoms with Crippen LogP contribution in [0.4, 0.5) is 0 Å². The van der Waals surface area contributed by atoms with Crippen molar-refractivity contribution < 1.29 is 0 Å². The van der Waals surface area contributed by atoms with Crippen LogP contribution in [0.25, 0.3) is 22.3 Å². The van der Waals surface area contributed by atoms with Crippen LogP contribution < -0.4 is 0 Å². The molecule has 0 aliphatic carbocycles. The van der Waals surface area contributed by atoms with Crippen molar-refractivity contribution in [3.8, 4) is 22.3 Å². The van der Waals surface area contributed by atoms with Gasteiger partial charge in [0.15, 0.2) is 0 Å². The third kappa shape index (κ3) is 5.32. The number of hydrogen-bond donors (Lipinski definition) is 0. The summed E-state index contributed by atoms with van der Waals surface area (Å²) in [5, 5.41) is 0.861. The highest BCUT2D eigenvalue weighted by atomic mass is 79.9. The van der Waals surface area contributed by atoms with Gasteiger partial charge >= 0.3 is 0 Å². The minimum atomic E-state index is 0.861. The van der Waals surface area contributed by atoms with Gasteiger partial charge in [-0.05, 0) is 52.3 Å². The van der Waals surface area contributed by atoms with Crippen molar-refractivity contribution in [3.63, 3.8) is 0 Å². The lowest BCUT2D eigenvalue weighted by molar-refractivity contribution is 0.795. The molecule has 3 aromatic rings. The Kier molecular flexibility index (Phi) is 8.64. The lowest BCUT2D eigenvalue weighted by atomic mass is 9.95. The molecule has 0 aromatic heterocycles. The number of rotatable bonds is 6. The largest absolute Gasteiger partial charge is 0.0876 e. The Hall–Kier alpha value is -1.86. The first-order valence-corrected chi connectivity index (χ1v) is 10.8. The van der Waals surface area contributed by atoms with E-state index >= 15 is 0 Å². The first-order valence-electron chi connectivity index (χ1n) is 9.65. The van der Waals surface area contributed by atoms with E-state index in [4.69, 9.17) is 0 Å². The lowest BCUT2D eigenvalue weighted by Crippen LogP contribution is -1.89. The molecule has 3 rings (SSSR count). The molecule has 136 valence electrons. The van der Waals surface area contributed by atoms with Crippen LogP contribution in [0.15, 0.2) is 72.8 Å². The molecule has 0 aliphatic rings. The monoisotopic (exact) mass is 408 g/mol. The molecule has 0 fully saturated rings. The fraction of sp³-hybridized carbons (Fsp3) is 0.280. The maximum absolute atomic E-state index is 3.65. The molecule has 0 atom stereocenters. The van der Waals surface area contributed by atoms with Crippen molar-refractivity contribution in [3.05, 3.63) is 83.9 Å². The lowest BCUT2D eigenvalue weighted by Gasteiger charge is -2.11. The summed E-state index contributed by atoms with van der Waals surface area (Å²) in [5.74, 6) is 0. The fourth-order valence-electron chi connectivity index (χ4n) is 3.03. The van der Waals surface area contributed by atoms with Gasteiger partial charge in [0.2, 0.25) is 0 Å². The van der Waals surface area contributed by atoms with Gasteiger partial charge in [0, 0.05) is 5.33 Å². The zero-order valence-electron chi connectivity index (χ0n) is 16.1. The van der Waals surface area contributed by atoms with Crippen LogP contribution >= 0.6 is 15.9 Å². The van der Waals surface area contributed by atoms with Crippen LogP contribution in [-0.2, 0) is 11.8 Å². The molecule has 0 heterocycles. The molecule has 26 heavy (non-hydrogen) atoms. The molecule has 0 nitrogen and oxygen atoms in total. The average molecular weight is 409 g/mol. The van der Waals surface area contributed by atoms with E-state index in [9.17, 15) is 0 Å². The Morgan fingerprint density at radius 1 is 0.731 bits per heavy atom. The third-order valence-electron chi connectivity index (χ3n) is 4.44. The van der Waals surface area contributed by atoms with Crippen molar-refractivity contribution in [1.82, 2.24) is 0 Å². The fourth-order valence-corrected chi connectivity index (χ4v) is 3.49. The molecule has 0 saturated carbocycles. The molecule has 0 unspecified atom stereocenters. The highest BCUT2D eigenvalue weighted by molar-refractivity contribution is 9.08. The van der Waals surface area contributed by atoms with Crippen LogP contribution in [-0.4, -0.2) is 0 Å².